The topological polar surface area (TPSA) is 78.4 Å². The van der Waals surface area contributed by atoms with E-state index in [1.807, 2.05) is 0 Å². The highest BCUT2D eigenvalue weighted by atomic mass is 16.4. The molecule has 1 saturated carbocycles. The van der Waals surface area contributed by atoms with E-state index in [-0.39, 0.29) is 18.1 Å². The monoisotopic (exact) mass is 294 g/mol. The van der Waals surface area contributed by atoms with Gasteiger partial charge in [-0.15, -0.1) is 0 Å². The van der Waals surface area contributed by atoms with Crippen molar-refractivity contribution >= 4 is 12.0 Å². The lowest BCUT2D eigenvalue weighted by Crippen LogP contribution is -2.46. The maximum Gasteiger partial charge on any atom is 0.315 e. The molecular weight excluding hydrogens is 268 g/mol. The Balaban J connectivity index is 1.67. The molecule has 0 aromatic heterocycles. The second-order valence-corrected chi connectivity index (χ2v) is 6.30. The van der Waals surface area contributed by atoms with Crippen molar-refractivity contribution in [2.45, 2.75) is 64.0 Å². The molecule has 2 atom stereocenters. The van der Waals surface area contributed by atoms with E-state index in [1.54, 1.807) is 12.2 Å². The average molecular weight is 294 g/mol. The number of amides is 2. The maximum absolute atomic E-state index is 11.9. The molecule has 3 N–H and O–H groups in total. The molecule has 21 heavy (non-hydrogen) atoms. The van der Waals surface area contributed by atoms with E-state index in [9.17, 15) is 9.59 Å². The number of hydrogen-bond donors (Lipinski definition) is 3. The van der Waals surface area contributed by atoms with Crippen molar-refractivity contribution in [3.05, 3.63) is 12.2 Å². The zero-order chi connectivity index (χ0) is 15.2. The second-order valence-electron chi connectivity index (χ2n) is 6.30. The fraction of sp³-hybridized carbons (Fsp3) is 0.750. The van der Waals surface area contributed by atoms with Gasteiger partial charge in [-0.1, -0.05) is 31.9 Å². The molecule has 0 bridgehead atoms. The fourth-order valence-corrected chi connectivity index (χ4v) is 3.39. The summed E-state index contributed by atoms with van der Waals surface area (Å²) in [5, 5.41) is 14.8. The second kappa shape index (κ2) is 7.48. The highest BCUT2D eigenvalue weighted by molar-refractivity contribution is 5.76. The number of hydrogen-bond acceptors (Lipinski definition) is 2. The third-order valence-electron chi connectivity index (χ3n) is 4.60. The van der Waals surface area contributed by atoms with E-state index in [0.29, 0.717) is 6.42 Å². The number of carboxylic acid groups (broad SMARTS) is 1. The first-order valence-electron chi connectivity index (χ1n) is 8.06. The van der Waals surface area contributed by atoms with E-state index in [0.717, 1.165) is 18.8 Å². The molecule has 0 aromatic rings. The van der Waals surface area contributed by atoms with Gasteiger partial charge in [0.15, 0.2) is 0 Å². The number of carboxylic acids is 1. The zero-order valence-electron chi connectivity index (χ0n) is 12.7. The number of carbonyl (C=O) groups is 2. The number of rotatable bonds is 5. The summed E-state index contributed by atoms with van der Waals surface area (Å²) < 4.78 is 0. The molecule has 1 fully saturated rings. The molecule has 0 aromatic carbocycles. The van der Waals surface area contributed by atoms with Gasteiger partial charge in [0.25, 0.3) is 0 Å². The summed E-state index contributed by atoms with van der Waals surface area (Å²) in [6.45, 7) is 2.22. The Hall–Kier alpha value is -1.52. The van der Waals surface area contributed by atoms with Gasteiger partial charge in [-0.3, -0.25) is 4.79 Å². The van der Waals surface area contributed by atoms with Gasteiger partial charge in [-0.2, -0.15) is 0 Å². The number of carbonyl (C=O) groups excluding carboxylic acids is 1. The molecule has 2 unspecified atom stereocenters. The van der Waals surface area contributed by atoms with E-state index in [4.69, 9.17) is 5.11 Å². The quantitative estimate of drug-likeness (QED) is 0.682. The van der Waals surface area contributed by atoms with Crippen molar-refractivity contribution in [2.75, 3.05) is 0 Å². The van der Waals surface area contributed by atoms with Crippen molar-refractivity contribution in [1.82, 2.24) is 10.6 Å². The Bertz CT molecular complexity index is 400. The van der Waals surface area contributed by atoms with Crippen LogP contribution in [-0.2, 0) is 4.79 Å². The van der Waals surface area contributed by atoms with Crippen LogP contribution in [0, 0.1) is 11.8 Å². The summed E-state index contributed by atoms with van der Waals surface area (Å²) in [5.41, 5.74) is 0. The molecule has 0 aliphatic heterocycles. The van der Waals surface area contributed by atoms with Crippen LogP contribution in [0.1, 0.15) is 51.9 Å². The molecule has 2 aliphatic rings. The Labute approximate surface area is 126 Å². The van der Waals surface area contributed by atoms with Gasteiger partial charge in [0.1, 0.15) is 0 Å². The van der Waals surface area contributed by atoms with Gasteiger partial charge in [0, 0.05) is 6.04 Å². The third kappa shape index (κ3) is 4.76. The summed E-state index contributed by atoms with van der Waals surface area (Å²) in [6.07, 6.45) is 10.9. The molecule has 2 amide bonds. The van der Waals surface area contributed by atoms with Gasteiger partial charge in [-0.25, -0.2) is 4.79 Å². The van der Waals surface area contributed by atoms with Crippen LogP contribution in [0.3, 0.4) is 0 Å². The average Bonchev–Trinajstić information content (AvgIpc) is 2.90. The molecule has 0 heterocycles. The van der Waals surface area contributed by atoms with Crippen molar-refractivity contribution in [1.29, 1.82) is 0 Å². The van der Waals surface area contributed by atoms with Crippen molar-refractivity contribution in [3.63, 3.8) is 0 Å². The van der Waals surface area contributed by atoms with Gasteiger partial charge in [-0.05, 0) is 38.0 Å². The van der Waals surface area contributed by atoms with Gasteiger partial charge < -0.3 is 15.7 Å². The fourth-order valence-electron chi connectivity index (χ4n) is 3.39. The molecule has 5 heteroatoms. The lowest BCUT2D eigenvalue weighted by Gasteiger charge is -2.29. The van der Waals surface area contributed by atoms with Crippen LogP contribution in [0.15, 0.2) is 12.2 Å². The smallest absolute Gasteiger partial charge is 0.315 e. The number of urea groups is 1. The summed E-state index contributed by atoms with van der Waals surface area (Å²) >= 11 is 0. The Morgan fingerprint density at radius 1 is 1.14 bits per heavy atom. The molecule has 118 valence electrons. The third-order valence-corrected chi connectivity index (χ3v) is 4.60. The van der Waals surface area contributed by atoms with E-state index >= 15 is 0 Å². The van der Waals surface area contributed by atoms with E-state index in [2.05, 4.69) is 17.6 Å². The highest BCUT2D eigenvalue weighted by Crippen LogP contribution is 2.27. The van der Waals surface area contributed by atoms with E-state index in [1.165, 1.54) is 25.7 Å². The summed E-state index contributed by atoms with van der Waals surface area (Å²) in [6, 6.07) is -0.0732. The van der Waals surface area contributed by atoms with Crippen molar-refractivity contribution in [3.8, 4) is 0 Å². The number of aliphatic carboxylic acids is 1. The highest BCUT2D eigenvalue weighted by Gasteiger charge is 2.26. The van der Waals surface area contributed by atoms with Gasteiger partial charge in [0.2, 0.25) is 0 Å². The van der Waals surface area contributed by atoms with Crippen LogP contribution in [0.5, 0.6) is 0 Å². The lowest BCUT2D eigenvalue weighted by molar-refractivity contribution is -0.140. The lowest BCUT2D eigenvalue weighted by atomic mass is 9.83. The Morgan fingerprint density at radius 3 is 2.43 bits per heavy atom. The summed E-state index contributed by atoms with van der Waals surface area (Å²) in [7, 11) is 0. The van der Waals surface area contributed by atoms with Crippen molar-refractivity contribution in [2.24, 2.45) is 11.8 Å². The molecular formula is C16H26N2O3. The van der Waals surface area contributed by atoms with Crippen LogP contribution in [0.2, 0.25) is 0 Å². The Kier molecular flexibility index (Phi) is 5.65. The Morgan fingerprint density at radius 2 is 1.86 bits per heavy atom. The van der Waals surface area contributed by atoms with Crippen LogP contribution in [-0.4, -0.2) is 29.2 Å². The molecule has 2 rings (SSSR count). The normalized spacial score (nSPS) is 31.9. The predicted molar refractivity (Wildman–Crippen MR) is 81.0 cm³/mol. The first kappa shape index (κ1) is 15.9. The molecule has 0 saturated heterocycles. The minimum Gasteiger partial charge on any atom is -0.481 e. The number of nitrogens with one attached hydrogen (secondary N) is 2. The minimum atomic E-state index is -0.829. The molecule has 2 aliphatic carbocycles. The first-order valence-corrected chi connectivity index (χ1v) is 8.06. The van der Waals surface area contributed by atoms with Crippen LogP contribution in [0.4, 0.5) is 4.79 Å². The van der Waals surface area contributed by atoms with Crippen LogP contribution < -0.4 is 10.6 Å². The largest absolute Gasteiger partial charge is 0.481 e. The first-order chi connectivity index (χ1) is 10.1. The molecule has 5 nitrogen and oxygen atoms in total. The van der Waals surface area contributed by atoms with Crippen LogP contribution in [0.25, 0.3) is 0 Å². The SMILES string of the molecule is CCCC1CCC(NC(=O)NC2C=CC(C(=O)O)C2)CC1. The molecule has 0 radical (unpaired) electrons. The van der Waals surface area contributed by atoms with Crippen LogP contribution >= 0.6 is 0 Å². The minimum absolute atomic E-state index is 0.164. The predicted octanol–water partition coefficient (Wildman–Crippen LogP) is 2.67. The maximum atomic E-state index is 11.9. The van der Waals surface area contributed by atoms with E-state index < -0.39 is 11.9 Å². The summed E-state index contributed by atoms with van der Waals surface area (Å²) in [4.78, 5) is 22.8. The summed E-state index contributed by atoms with van der Waals surface area (Å²) in [5.74, 6) is -0.477. The van der Waals surface area contributed by atoms with Gasteiger partial charge in [0.05, 0.1) is 12.0 Å². The molecule has 0 spiro atoms. The zero-order valence-corrected chi connectivity index (χ0v) is 12.7. The standard InChI is InChI=1S/C16H26N2O3/c1-2-3-11-4-7-13(8-5-11)17-16(21)18-14-9-6-12(10-14)15(19)20/h6,9,11-14H,2-5,7-8,10H2,1H3,(H,19,20)(H2,17,18,21). The van der Waals surface area contributed by atoms with Gasteiger partial charge >= 0.3 is 12.0 Å². The van der Waals surface area contributed by atoms with Crippen molar-refractivity contribution < 1.29 is 14.7 Å².